The van der Waals surface area contributed by atoms with Gasteiger partial charge in [-0.25, -0.2) is 0 Å². The molecule has 0 radical (unpaired) electrons. The zero-order valence-electron chi connectivity index (χ0n) is 5.47. The monoisotopic (exact) mass is 117 g/mol. The molecule has 1 rings (SSSR count). The number of rotatable bonds is 0. The van der Waals surface area contributed by atoms with E-state index in [0.717, 1.165) is 0 Å². The van der Waals surface area contributed by atoms with E-state index in [1.165, 1.54) is 0 Å². The minimum Gasteiger partial charge on any atom is -0.388 e. The number of methoxy groups -OCH3 is 1. The lowest BCUT2D eigenvalue weighted by atomic mass is 11.0. The molecule has 1 amide bonds. The Kier molecular flexibility index (Phi) is 3.19. The molecular weight excluding hydrogens is 106 g/mol. The van der Waals surface area contributed by atoms with E-state index < -0.39 is 0 Å². The van der Waals surface area contributed by atoms with Crippen molar-refractivity contribution in [1.82, 2.24) is 4.90 Å². The van der Waals surface area contributed by atoms with E-state index in [4.69, 9.17) is 0 Å². The molecule has 1 saturated heterocycles. The molecule has 0 saturated carbocycles. The third kappa shape index (κ3) is 3.61. The van der Waals surface area contributed by atoms with E-state index in [2.05, 4.69) is 4.74 Å². The van der Waals surface area contributed by atoms with Crippen molar-refractivity contribution in [3.63, 3.8) is 0 Å². The number of carbonyl (C=O) groups is 1. The third-order valence-corrected chi connectivity index (χ3v) is 0.695. The summed E-state index contributed by atoms with van der Waals surface area (Å²) in [6.45, 7) is 0.667. The summed E-state index contributed by atoms with van der Waals surface area (Å²) < 4.78 is 4.25. The first kappa shape index (κ1) is 7.43. The molecule has 8 heavy (non-hydrogen) atoms. The molecule has 0 unspecified atom stereocenters. The zero-order valence-corrected chi connectivity index (χ0v) is 5.47. The van der Waals surface area contributed by atoms with Crippen molar-refractivity contribution < 1.29 is 9.53 Å². The molecule has 1 aliphatic rings. The molecule has 0 N–H and O–H groups in total. The minimum atomic E-state index is 0.255. The molecule has 1 fully saturated rings. The fourth-order valence-corrected chi connectivity index (χ4v) is 0.168. The van der Waals surface area contributed by atoms with Crippen LogP contribution in [-0.4, -0.2) is 38.6 Å². The summed E-state index contributed by atoms with van der Waals surface area (Å²) in [5.41, 5.74) is 0. The number of nitrogens with zero attached hydrogens (tertiary/aromatic N) is 1. The molecule has 0 bridgehead atoms. The predicted octanol–water partition coefficient (Wildman–Crippen LogP) is -0.279. The van der Waals surface area contributed by atoms with E-state index in [-0.39, 0.29) is 5.91 Å². The van der Waals surface area contributed by atoms with E-state index >= 15 is 0 Å². The Labute approximate surface area is 49.2 Å². The summed E-state index contributed by atoms with van der Waals surface area (Å²) in [6.07, 6.45) is 0. The highest BCUT2D eigenvalue weighted by Crippen LogP contribution is 1.97. The van der Waals surface area contributed by atoms with Crippen molar-refractivity contribution in [2.75, 3.05) is 27.8 Å². The second kappa shape index (κ2) is 3.43. The van der Waals surface area contributed by atoms with Gasteiger partial charge in [0.25, 0.3) is 0 Å². The summed E-state index contributed by atoms with van der Waals surface area (Å²) in [5.74, 6) is 0.255. The Bertz CT molecular complexity index is 82.5. The Morgan fingerprint density at radius 2 is 1.75 bits per heavy atom. The van der Waals surface area contributed by atoms with Crippen molar-refractivity contribution in [2.24, 2.45) is 0 Å². The Morgan fingerprint density at radius 3 is 1.75 bits per heavy atom. The van der Waals surface area contributed by atoms with Crippen molar-refractivity contribution >= 4 is 5.91 Å². The van der Waals surface area contributed by atoms with Crippen LogP contribution in [-0.2, 0) is 9.53 Å². The highest BCUT2D eigenvalue weighted by atomic mass is 16.4. The molecular formula is C5H11NO2. The lowest BCUT2D eigenvalue weighted by Crippen LogP contribution is -1.80. The van der Waals surface area contributed by atoms with Gasteiger partial charge in [-0.2, -0.15) is 0 Å². The molecule has 0 aromatic carbocycles. The van der Waals surface area contributed by atoms with Crippen molar-refractivity contribution in [1.29, 1.82) is 0 Å². The van der Waals surface area contributed by atoms with Gasteiger partial charge >= 0.3 is 0 Å². The minimum absolute atomic E-state index is 0.255. The van der Waals surface area contributed by atoms with E-state index in [0.29, 0.717) is 6.54 Å². The molecule has 0 aromatic rings. The van der Waals surface area contributed by atoms with Gasteiger partial charge in [-0.3, -0.25) is 4.79 Å². The van der Waals surface area contributed by atoms with Crippen LogP contribution in [0.3, 0.4) is 0 Å². The Balaban J connectivity index is 0.000000145. The van der Waals surface area contributed by atoms with Gasteiger partial charge in [-0.15, -0.1) is 0 Å². The van der Waals surface area contributed by atoms with Gasteiger partial charge in [-0.05, 0) is 0 Å². The molecule has 3 heteroatoms. The lowest BCUT2D eigenvalue weighted by Gasteiger charge is -1.68. The summed E-state index contributed by atoms with van der Waals surface area (Å²) in [7, 11) is 5.03. The number of likely N-dealkylation sites (N-methyl/N-ethyl adjacent to an activating group) is 1. The summed E-state index contributed by atoms with van der Waals surface area (Å²) in [4.78, 5) is 11.5. The van der Waals surface area contributed by atoms with Crippen molar-refractivity contribution in [3.8, 4) is 0 Å². The normalized spacial score (nSPS) is 14.9. The van der Waals surface area contributed by atoms with Crippen LogP contribution in [0, 0.1) is 0 Å². The maximum absolute atomic E-state index is 9.81. The van der Waals surface area contributed by atoms with Crippen molar-refractivity contribution in [2.45, 2.75) is 0 Å². The first-order chi connectivity index (χ1) is 3.72. The molecule has 1 heterocycles. The molecule has 3 nitrogen and oxygen atoms in total. The van der Waals surface area contributed by atoms with E-state index in [9.17, 15) is 4.79 Å². The second-order valence-electron chi connectivity index (χ2n) is 1.66. The molecule has 0 aliphatic carbocycles. The van der Waals surface area contributed by atoms with Gasteiger partial charge in [0.2, 0.25) is 5.91 Å². The quantitative estimate of drug-likeness (QED) is 0.408. The maximum atomic E-state index is 9.81. The van der Waals surface area contributed by atoms with Crippen LogP contribution in [0.15, 0.2) is 0 Å². The first-order valence-electron chi connectivity index (χ1n) is 2.36. The Morgan fingerprint density at radius 1 is 1.62 bits per heavy atom. The summed E-state index contributed by atoms with van der Waals surface area (Å²) in [6, 6.07) is 0. The number of hydrogen-bond acceptors (Lipinski definition) is 2. The number of carbonyl (C=O) groups excluding carboxylic acids is 1. The topological polar surface area (TPSA) is 29.3 Å². The number of hydrogen-bond donors (Lipinski definition) is 0. The fraction of sp³-hybridized carbons (Fsp3) is 0.800. The van der Waals surface area contributed by atoms with E-state index in [1.54, 1.807) is 26.2 Å². The maximum Gasteiger partial charge on any atom is 0.242 e. The summed E-state index contributed by atoms with van der Waals surface area (Å²) in [5, 5.41) is 0. The highest BCUT2D eigenvalue weighted by Gasteiger charge is 2.23. The van der Waals surface area contributed by atoms with Crippen LogP contribution in [0.4, 0.5) is 0 Å². The smallest absolute Gasteiger partial charge is 0.242 e. The molecule has 48 valence electrons. The van der Waals surface area contributed by atoms with Crippen LogP contribution in [0.25, 0.3) is 0 Å². The summed E-state index contributed by atoms with van der Waals surface area (Å²) >= 11 is 0. The lowest BCUT2D eigenvalue weighted by molar-refractivity contribution is -0.113. The fourth-order valence-electron chi connectivity index (χ4n) is 0.168. The van der Waals surface area contributed by atoms with Gasteiger partial charge in [0.05, 0.1) is 6.54 Å². The van der Waals surface area contributed by atoms with Crippen LogP contribution in [0.2, 0.25) is 0 Å². The number of ether oxygens (including phenoxy) is 1. The van der Waals surface area contributed by atoms with Gasteiger partial charge < -0.3 is 9.64 Å². The molecule has 1 aliphatic heterocycles. The molecule has 0 aromatic heterocycles. The third-order valence-electron chi connectivity index (χ3n) is 0.695. The van der Waals surface area contributed by atoms with Crippen molar-refractivity contribution in [3.05, 3.63) is 0 Å². The molecule has 0 atom stereocenters. The predicted molar refractivity (Wildman–Crippen MR) is 30.6 cm³/mol. The molecule has 0 spiro atoms. The number of amides is 1. The average Bonchev–Trinajstić information content (AvgIpc) is 2.22. The average molecular weight is 117 g/mol. The van der Waals surface area contributed by atoms with Crippen LogP contribution >= 0.6 is 0 Å². The van der Waals surface area contributed by atoms with Crippen LogP contribution in [0.5, 0.6) is 0 Å². The Hall–Kier alpha value is -0.570. The van der Waals surface area contributed by atoms with Gasteiger partial charge in [0.1, 0.15) is 0 Å². The highest BCUT2D eigenvalue weighted by molar-refractivity contribution is 5.91. The first-order valence-corrected chi connectivity index (χ1v) is 2.36. The largest absolute Gasteiger partial charge is 0.388 e. The second-order valence-corrected chi connectivity index (χ2v) is 1.66. The van der Waals surface area contributed by atoms with Gasteiger partial charge in [0.15, 0.2) is 0 Å². The SMILES string of the molecule is CN1CC1=O.COC. The van der Waals surface area contributed by atoms with Crippen LogP contribution in [0.1, 0.15) is 0 Å². The standard InChI is InChI=1S/C3H5NO.C2H6O/c1-4-2-3(4)5;1-3-2/h2H2,1H3;1-2H3. The van der Waals surface area contributed by atoms with Gasteiger partial charge in [-0.1, -0.05) is 0 Å². The van der Waals surface area contributed by atoms with Crippen LogP contribution < -0.4 is 0 Å². The van der Waals surface area contributed by atoms with Gasteiger partial charge in [0, 0.05) is 21.3 Å². The zero-order chi connectivity index (χ0) is 6.57. The van der Waals surface area contributed by atoms with E-state index in [1.807, 2.05) is 0 Å².